The van der Waals surface area contributed by atoms with Crippen molar-refractivity contribution in [3.8, 4) is 44.5 Å². The van der Waals surface area contributed by atoms with Crippen molar-refractivity contribution < 1.29 is 0 Å². The second kappa shape index (κ2) is 14.5. The van der Waals surface area contributed by atoms with Crippen LogP contribution in [0.15, 0.2) is 237 Å². The second-order valence-electron chi connectivity index (χ2n) is 20.5. The minimum absolute atomic E-state index is 0.0857. The van der Waals surface area contributed by atoms with Gasteiger partial charge < -0.3 is 4.90 Å². The number of nitrogens with zero attached hydrogens (tertiary/aromatic N) is 1. The Hall–Kier alpha value is -8.52. The van der Waals surface area contributed by atoms with Crippen LogP contribution in [0.2, 0.25) is 0 Å². The van der Waals surface area contributed by atoms with E-state index in [1.807, 2.05) is 0 Å². The van der Waals surface area contributed by atoms with Crippen LogP contribution in [0.5, 0.6) is 0 Å². The SMILES string of the molecule is c1ccc2c(c1)-c1cccc(N(c3ccc4c5ccccc5c5ccccc5c4c3)c3cc4c(cc3-c3cccc5ccccc35)-c3ccccc3C43c4ccccc4-c4ccccc43)c1C21CCCC1. The van der Waals surface area contributed by atoms with Gasteiger partial charge in [0.1, 0.15) is 0 Å². The summed E-state index contributed by atoms with van der Waals surface area (Å²) >= 11 is 0. The number of benzene rings is 12. The molecule has 12 aromatic carbocycles. The molecule has 0 atom stereocenters. The molecule has 1 heteroatoms. The van der Waals surface area contributed by atoms with Gasteiger partial charge >= 0.3 is 0 Å². The lowest BCUT2D eigenvalue weighted by Gasteiger charge is -2.36. The number of rotatable bonds is 4. The Labute approximate surface area is 413 Å². The molecule has 4 aliphatic rings. The Kier molecular flexibility index (Phi) is 8.04. The molecule has 2 spiro atoms. The van der Waals surface area contributed by atoms with Crippen molar-refractivity contribution in [1.29, 1.82) is 0 Å². The summed E-state index contributed by atoms with van der Waals surface area (Å²) in [6, 6.07) is 90.7. The minimum atomic E-state index is -0.517. The van der Waals surface area contributed by atoms with Gasteiger partial charge in [-0.3, -0.25) is 0 Å². The highest BCUT2D eigenvalue weighted by Crippen LogP contribution is 2.66. The first kappa shape index (κ1) is 39.3. The minimum Gasteiger partial charge on any atom is -0.310 e. The van der Waals surface area contributed by atoms with Crippen molar-refractivity contribution in [2.24, 2.45) is 0 Å². The molecule has 0 saturated heterocycles. The molecule has 0 bridgehead atoms. The van der Waals surface area contributed by atoms with Gasteiger partial charge in [-0.1, -0.05) is 219 Å². The normalized spacial score (nSPS) is 15.0. The lowest BCUT2D eigenvalue weighted by atomic mass is 9.70. The molecule has 1 saturated carbocycles. The molecule has 4 aliphatic carbocycles. The molecule has 0 aromatic heterocycles. The quantitative estimate of drug-likeness (QED) is 0.159. The molecule has 16 rings (SSSR count). The summed E-state index contributed by atoms with van der Waals surface area (Å²) in [4.78, 5) is 2.72. The smallest absolute Gasteiger partial charge is 0.0726 e. The highest BCUT2D eigenvalue weighted by atomic mass is 15.2. The zero-order valence-corrected chi connectivity index (χ0v) is 39.3. The summed E-state index contributed by atoms with van der Waals surface area (Å²) in [7, 11) is 0. The predicted molar refractivity (Wildman–Crippen MR) is 298 cm³/mol. The lowest BCUT2D eigenvalue weighted by Crippen LogP contribution is -2.27. The average molecular weight is 902 g/mol. The monoisotopic (exact) mass is 901 g/mol. The van der Waals surface area contributed by atoms with Crippen LogP contribution >= 0.6 is 0 Å². The summed E-state index contributed by atoms with van der Waals surface area (Å²) in [5, 5.41) is 10.2. The van der Waals surface area contributed by atoms with Crippen LogP contribution in [-0.4, -0.2) is 0 Å². The van der Waals surface area contributed by atoms with Gasteiger partial charge in [0, 0.05) is 16.7 Å². The molecule has 0 heterocycles. The number of anilines is 3. The van der Waals surface area contributed by atoms with Crippen molar-refractivity contribution >= 4 is 60.2 Å². The molecular weight excluding hydrogens is 855 g/mol. The van der Waals surface area contributed by atoms with E-state index in [1.165, 1.54) is 145 Å². The Morgan fingerprint density at radius 3 is 1.39 bits per heavy atom. The van der Waals surface area contributed by atoms with Gasteiger partial charge in [0.25, 0.3) is 0 Å². The van der Waals surface area contributed by atoms with Gasteiger partial charge in [0.15, 0.2) is 0 Å². The van der Waals surface area contributed by atoms with Crippen LogP contribution in [-0.2, 0) is 10.8 Å². The van der Waals surface area contributed by atoms with E-state index in [4.69, 9.17) is 0 Å². The number of hydrogen-bond donors (Lipinski definition) is 0. The van der Waals surface area contributed by atoms with Gasteiger partial charge in [-0.05, 0) is 159 Å². The van der Waals surface area contributed by atoms with E-state index in [0.29, 0.717) is 0 Å². The molecule has 0 unspecified atom stereocenters. The van der Waals surface area contributed by atoms with Crippen molar-refractivity contribution in [3.05, 3.63) is 270 Å². The molecule has 0 N–H and O–H groups in total. The third-order valence-electron chi connectivity index (χ3n) is 17.4. The van der Waals surface area contributed by atoms with Gasteiger partial charge in [0.2, 0.25) is 0 Å². The predicted octanol–water partition coefficient (Wildman–Crippen LogP) is 18.6. The van der Waals surface area contributed by atoms with Crippen LogP contribution in [0.3, 0.4) is 0 Å². The van der Waals surface area contributed by atoms with E-state index in [9.17, 15) is 0 Å². The zero-order valence-electron chi connectivity index (χ0n) is 39.3. The van der Waals surface area contributed by atoms with Gasteiger partial charge in [-0.15, -0.1) is 0 Å². The summed E-state index contributed by atoms with van der Waals surface area (Å²) in [5.41, 5.74) is 21.8. The van der Waals surface area contributed by atoms with Crippen LogP contribution in [0, 0.1) is 0 Å². The Morgan fingerprint density at radius 2 is 0.746 bits per heavy atom. The number of hydrogen-bond acceptors (Lipinski definition) is 1. The van der Waals surface area contributed by atoms with Crippen LogP contribution in [0.4, 0.5) is 17.1 Å². The summed E-state index contributed by atoms with van der Waals surface area (Å²) in [6.45, 7) is 0. The van der Waals surface area contributed by atoms with E-state index in [1.54, 1.807) is 0 Å². The second-order valence-corrected chi connectivity index (χ2v) is 20.5. The first-order valence-corrected chi connectivity index (χ1v) is 25.6. The van der Waals surface area contributed by atoms with E-state index < -0.39 is 5.41 Å². The maximum Gasteiger partial charge on any atom is 0.0726 e. The largest absolute Gasteiger partial charge is 0.310 e. The fraction of sp³-hybridized carbons (Fsp3) is 0.0857. The maximum absolute atomic E-state index is 2.72. The van der Waals surface area contributed by atoms with Crippen molar-refractivity contribution in [2.45, 2.75) is 36.5 Å². The molecule has 0 aliphatic heterocycles. The average Bonchev–Trinajstić information content (AvgIpc) is 4.20. The maximum atomic E-state index is 2.72. The summed E-state index contributed by atoms with van der Waals surface area (Å²) in [6.07, 6.45) is 4.72. The van der Waals surface area contributed by atoms with E-state index in [0.717, 1.165) is 18.5 Å². The first-order chi connectivity index (χ1) is 35.2. The Bertz CT molecular complexity index is 4170. The highest BCUT2D eigenvalue weighted by molar-refractivity contribution is 6.26. The number of fused-ring (bicyclic) bond motifs is 22. The molecule has 332 valence electrons. The highest BCUT2D eigenvalue weighted by Gasteiger charge is 2.53. The molecule has 12 aromatic rings. The molecule has 1 fully saturated rings. The Balaban J connectivity index is 1.09. The van der Waals surface area contributed by atoms with Crippen LogP contribution in [0.1, 0.15) is 59.1 Å². The molecule has 0 amide bonds. The van der Waals surface area contributed by atoms with Gasteiger partial charge in [-0.25, -0.2) is 0 Å². The van der Waals surface area contributed by atoms with Gasteiger partial charge in [0.05, 0.1) is 16.8 Å². The van der Waals surface area contributed by atoms with Crippen molar-refractivity contribution in [2.75, 3.05) is 4.90 Å². The standard InChI is InChI=1S/C70H47N/c1-2-21-46-44(19-1)20-17-30-47(46)60-42-59-56-29-10-14-35-64(56)70(62-33-12-8-26-53(62)54-27-9-13-34-63(54)70)65(59)43-67(60)71(66-36-18-31-57-55-28-7-11-32-61(55)69(68(57)66)39-15-16-40-69)45-37-38-52-50-24-4-3-22-48(50)49-23-5-6-25-51(49)58(52)41-45/h1-14,17-38,41-43H,15-16,39-40H2. The van der Waals surface area contributed by atoms with Gasteiger partial charge in [-0.2, -0.15) is 0 Å². The Morgan fingerprint density at radius 1 is 0.282 bits per heavy atom. The fourth-order valence-corrected chi connectivity index (χ4v) is 14.7. The third kappa shape index (κ3) is 5.10. The van der Waals surface area contributed by atoms with E-state index in [-0.39, 0.29) is 5.41 Å². The first-order valence-electron chi connectivity index (χ1n) is 25.6. The molecule has 1 nitrogen and oxygen atoms in total. The topological polar surface area (TPSA) is 3.24 Å². The lowest BCUT2D eigenvalue weighted by molar-refractivity contribution is 0.550. The van der Waals surface area contributed by atoms with Crippen LogP contribution in [0.25, 0.3) is 87.6 Å². The van der Waals surface area contributed by atoms with Crippen LogP contribution < -0.4 is 4.90 Å². The molecular formula is C70H47N. The zero-order chi connectivity index (χ0) is 46.4. The van der Waals surface area contributed by atoms with Crippen molar-refractivity contribution in [3.63, 3.8) is 0 Å². The molecule has 0 radical (unpaired) electrons. The van der Waals surface area contributed by atoms with E-state index >= 15 is 0 Å². The van der Waals surface area contributed by atoms with Crippen molar-refractivity contribution in [1.82, 2.24) is 0 Å². The fourth-order valence-electron chi connectivity index (χ4n) is 14.7. The molecule has 71 heavy (non-hydrogen) atoms. The summed E-state index contributed by atoms with van der Waals surface area (Å²) < 4.78 is 0. The summed E-state index contributed by atoms with van der Waals surface area (Å²) in [5.74, 6) is 0. The third-order valence-corrected chi connectivity index (χ3v) is 17.4. The van der Waals surface area contributed by atoms with E-state index in [2.05, 4.69) is 241 Å².